The highest BCUT2D eigenvalue weighted by molar-refractivity contribution is 7.93. The summed E-state index contributed by atoms with van der Waals surface area (Å²) in [6, 6.07) is 24.1. The Morgan fingerprint density at radius 1 is 0.732 bits per heavy atom. The van der Waals surface area contributed by atoms with Crippen LogP contribution in [0.2, 0.25) is 0 Å². The molecule has 2 aromatic carbocycles. The number of hydrogen-bond donors (Lipinski definition) is 1. The van der Waals surface area contributed by atoms with E-state index in [1.165, 1.54) is 21.0 Å². The molecule has 5 aromatic rings. The number of anilines is 2. The first kappa shape index (κ1) is 40.5. The predicted molar refractivity (Wildman–Crippen MR) is 202 cm³/mol. The summed E-state index contributed by atoms with van der Waals surface area (Å²) in [5.41, 5.74) is 8.23. The molecule has 0 spiro atoms. The summed E-state index contributed by atoms with van der Waals surface area (Å²) in [5.74, 6) is -1.06. The molecule has 0 radical (unpaired) electrons. The maximum Gasteiger partial charge on any atom is 0.314 e. The molecule has 2 unspecified atom stereocenters. The van der Waals surface area contributed by atoms with Crippen molar-refractivity contribution >= 4 is 37.2 Å². The first-order valence-corrected chi connectivity index (χ1v) is 20.5. The third-order valence-corrected chi connectivity index (χ3v) is 13.3. The van der Waals surface area contributed by atoms with Gasteiger partial charge in [0.25, 0.3) is 5.89 Å². The second kappa shape index (κ2) is 18.2. The van der Waals surface area contributed by atoms with E-state index in [2.05, 4.69) is 20.2 Å². The van der Waals surface area contributed by atoms with Crippen molar-refractivity contribution < 1.29 is 44.3 Å². The number of Topliss-reactive ketones (excluding diaryl/α,β-unsaturated/α-hetero) is 1. The standard InChI is InChI=1S/C19H18F2N4O4S.C18H21N3O4S/c20-17(21)19-24-23-18(29-19)13-6-7-14(22-10-13)11-25(15-4-2-1-3-5-15)30(26,27)16-8-9-28-12-16;19-10-18(22)14-6-7-15(20-11-14)12-21(16-4-2-1-3-5-16)26(23,24)17-8-9-25-13-17/h1-7,10,16-17H,8-9,11-12H2;1-7,11,17H,8-10,12-13,19H2. The molecule has 0 aliphatic carbocycles. The lowest BCUT2D eigenvalue weighted by atomic mass is 10.2. The van der Waals surface area contributed by atoms with Crippen LogP contribution in [0.1, 0.15) is 46.9 Å². The number of aromatic nitrogens is 4. The second-order valence-electron chi connectivity index (χ2n) is 12.7. The molecule has 2 fully saturated rings. The van der Waals surface area contributed by atoms with Crippen molar-refractivity contribution in [3.63, 3.8) is 0 Å². The molecule has 3 aromatic heterocycles. The molecule has 5 heterocycles. The fourth-order valence-corrected chi connectivity index (χ4v) is 9.38. The largest absolute Gasteiger partial charge is 0.415 e. The van der Waals surface area contributed by atoms with Crippen LogP contribution >= 0.6 is 0 Å². The zero-order valence-electron chi connectivity index (χ0n) is 29.9. The lowest BCUT2D eigenvalue weighted by Crippen LogP contribution is -2.39. The molecule has 0 bridgehead atoms. The van der Waals surface area contributed by atoms with Crippen LogP contribution in [0, 0.1) is 0 Å². The fourth-order valence-electron chi connectivity index (χ4n) is 5.88. The Labute approximate surface area is 322 Å². The molecule has 56 heavy (non-hydrogen) atoms. The summed E-state index contributed by atoms with van der Waals surface area (Å²) in [4.78, 5) is 20.1. The van der Waals surface area contributed by atoms with Crippen LogP contribution in [0.25, 0.3) is 11.5 Å². The summed E-state index contributed by atoms with van der Waals surface area (Å²) in [6.45, 7) is 1.21. The maximum atomic E-state index is 13.2. The predicted octanol–water partition coefficient (Wildman–Crippen LogP) is 4.54. The topological polar surface area (TPSA) is 201 Å². The van der Waals surface area contributed by atoms with Crippen LogP contribution in [-0.2, 0) is 42.6 Å². The Kier molecular flexibility index (Phi) is 13.1. The van der Waals surface area contributed by atoms with Crippen molar-refractivity contribution in [1.82, 2.24) is 20.2 Å². The molecular weight excluding hydrogens is 773 g/mol. The number of para-hydroxylation sites is 2. The Hall–Kier alpha value is -5.21. The normalized spacial score (nSPS) is 17.0. The van der Waals surface area contributed by atoms with Crippen LogP contribution in [0.15, 0.2) is 102 Å². The number of nitrogens with two attached hydrogens (primary N) is 1. The average molecular weight is 812 g/mol. The van der Waals surface area contributed by atoms with Crippen molar-refractivity contribution in [3.8, 4) is 11.5 Å². The molecule has 296 valence electrons. The molecule has 2 saturated heterocycles. The number of benzene rings is 2. The SMILES string of the molecule is NCC(=O)c1ccc(CN(c2ccccc2)S(=O)(=O)C2CCOC2)nc1.O=S(=O)(C1CCOC1)N(Cc1ccc(-c2nnc(C(F)F)o2)cn1)c1ccccc1. The van der Waals surface area contributed by atoms with E-state index in [9.17, 15) is 30.4 Å². The molecule has 0 saturated carbocycles. The van der Waals surface area contributed by atoms with E-state index in [-0.39, 0.29) is 44.5 Å². The van der Waals surface area contributed by atoms with E-state index >= 15 is 0 Å². The second-order valence-corrected chi connectivity index (χ2v) is 17.0. The van der Waals surface area contributed by atoms with Gasteiger partial charge in [-0.2, -0.15) is 8.78 Å². The lowest BCUT2D eigenvalue weighted by Gasteiger charge is -2.27. The van der Waals surface area contributed by atoms with Crippen LogP contribution < -0.4 is 14.3 Å². The van der Waals surface area contributed by atoms with Crippen molar-refractivity contribution in [1.29, 1.82) is 0 Å². The van der Waals surface area contributed by atoms with Gasteiger partial charge in [0.15, 0.2) is 5.78 Å². The Morgan fingerprint density at radius 2 is 1.25 bits per heavy atom. The first-order valence-electron chi connectivity index (χ1n) is 17.5. The van der Waals surface area contributed by atoms with Gasteiger partial charge in [-0.05, 0) is 61.4 Å². The number of carbonyl (C=O) groups excluding carboxylic acids is 1. The number of alkyl halides is 2. The molecule has 19 heteroatoms. The van der Waals surface area contributed by atoms with E-state index in [4.69, 9.17) is 19.6 Å². The first-order chi connectivity index (χ1) is 27.0. The van der Waals surface area contributed by atoms with Crippen LogP contribution in [-0.4, -0.2) is 86.3 Å². The van der Waals surface area contributed by atoms with Gasteiger partial charge in [-0.15, -0.1) is 10.2 Å². The van der Waals surface area contributed by atoms with Gasteiger partial charge in [-0.3, -0.25) is 23.4 Å². The number of rotatable bonds is 14. The van der Waals surface area contributed by atoms with E-state index in [0.29, 0.717) is 59.9 Å². The summed E-state index contributed by atoms with van der Waals surface area (Å²) >= 11 is 0. The van der Waals surface area contributed by atoms with Crippen molar-refractivity contribution in [2.45, 2.75) is 42.9 Å². The molecule has 2 N–H and O–H groups in total. The zero-order valence-corrected chi connectivity index (χ0v) is 31.6. The minimum absolute atomic E-state index is 0.00917. The van der Waals surface area contributed by atoms with Gasteiger partial charge in [0.05, 0.1) is 61.2 Å². The van der Waals surface area contributed by atoms with Gasteiger partial charge < -0.3 is 19.6 Å². The molecule has 15 nitrogen and oxygen atoms in total. The summed E-state index contributed by atoms with van der Waals surface area (Å²) in [6.07, 6.45) is 0.860. The van der Waals surface area contributed by atoms with E-state index in [0.717, 1.165) is 0 Å². The molecule has 2 aliphatic heterocycles. The number of halogens is 2. The third kappa shape index (κ3) is 9.59. The highest BCUT2D eigenvalue weighted by Gasteiger charge is 2.37. The molecule has 2 aliphatic rings. The zero-order chi connectivity index (χ0) is 39.7. The van der Waals surface area contributed by atoms with E-state index < -0.39 is 42.9 Å². The highest BCUT2D eigenvalue weighted by Crippen LogP contribution is 2.29. The minimum Gasteiger partial charge on any atom is -0.415 e. The maximum absolute atomic E-state index is 13.2. The van der Waals surface area contributed by atoms with Gasteiger partial charge >= 0.3 is 6.43 Å². The third-order valence-electron chi connectivity index (χ3n) is 8.96. The number of ether oxygens (including phenoxy) is 2. The van der Waals surface area contributed by atoms with E-state index in [1.807, 2.05) is 6.07 Å². The van der Waals surface area contributed by atoms with Gasteiger partial charge in [-0.25, -0.2) is 16.8 Å². The minimum atomic E-state index is -3.68. The van der Waals surface area contributed by atoms with Crippen LogP contribution in [0.4, 0.5) is 20.2 Å². The van der Waals surface area contributed by atoms with Crippen molar-refractivity contribution in [2.24, 2.45) is 5.73 Å². The van der Waals surface area contributed by atoms with Gasteiger partial charge in [0.2, 0.25) is 25.9 Å². The van der Waals surface area contributed by atoms with Gasteiger partial charge in [-0.1, -0.05) is 36.4 Å². The molecule has 2 atom stereocenters. The number of hydrogen-bond acceptors (Lipinski definition) is 13. The highest BCUT2D eigenvalue weighted by atomic mass is 32.2. The smallest absolute Gasteiger partial charge is 0.314 e. The Morgan fingerprint density at radius 3 is 1.64 bits per heavy atom. The Bertz CT molecular complexity index is 2260. The summed E-state index contributed by atoms with van der Waals surface area (Å²) in [5, 5.41) is 5.67. The monoisotopic (exact) mass is 811 g/mol. The number of sulfonamides is 2. The van der Waals surface area contributed by atoms with Gasteiger partial charge in [0, 0.05) is 31.2 Å². The average Bonchev–Trinajstić information content (AvgIpc) is 4.05. The quantitative estimate of drug-likeness (QED) is 0.153. The number of carbonyl (C=O) groups is 1. The number of nitrogens with zero attached hydrogens (tertiary/aromatic N) is 6. The van der Waals surface area contributed by atoms with Crippen molar-refractivity contribution in [3.05, 3.63) is 120 Å². The van der Waals surface area contributed by atoms with Crippen molar-refractivity contribution in [2.75, 3.05) is 41.6 Å². The molecule has 0 amide bonds. The van der Waals surface area contributed by atoms with Gasteiger partial charge in [0.1, 0.15) is 10.5 Å². The summed E-state index contributed by atoms with van der Waals surface area (Å²) in [7, 11) is -7.28. The Balaban J connectivity index is 0.000000192. The lowest BCUT2D eigenvalue weighted by molar-refractivity contribution is 0.100. The van der Waals surface area contributed by atoms with Crippen LogP contribution in [0.5, 0.6) is 0 Å². The number of ketones is 1. The van der Waals surface area contributed by atoms with E-state index in [1.54, 1.807) is 78.9 Å². The summed E-state index contributed by atoms with van der Waals surface area (Å²) < 4.78 is 96.0. The molecule has 7 rings (SSSR count). The number of pyridine rings is 2. The molecular formula is C37H39F2N7O8S2. The fraction of sp³-hybridized carbons (Fsp3) is 0.324. The van der Waals surface area contributed by atoms with Crippen LogP contribution in [0.3, 0.4) is 0 Å².